The molecule has 0 spiro atoms. The van der Waals surface area contributed by atoms with E-state index < -0.39 is 0 Å². The van der Waals surface area contributed by atoms with E-state index in [1.165, 1.54) is 0 Å². The van der Waals surface area contributed by atoms with Gasteiger partial charge in [0.1, 0.15) is 0 Å². The molecule has 23 heavy (non-hydrogen) atoms. The van der Waals surface area contributed by atoms with Crippen molar-refractivity contribution in [1.29, 1.82) is 0 Å². The molecule has 2 aliphatic heterocycles. The molecule has 0 aromatic rings. The van der Waals surface area contributed by atoms with Crippen molar-refractivity contribution in [2.24, 2.45) is 0 Å². The first kappa shape index (κ1) is 18.0. The van der Waals surface area contributed by atoms with Crippen molar-refractivity contribution in [2.45, 2.75) is 38.7 Å². The van der Waals surface area contributed by atoms with Gasteiger partial charge in [-0.05, 0) is 25.7 Å². The van der Waals surface area contributed by atoms with Crippen LogP contribution in [-0.2, 0) is 14.3 Å². The van der Waals surface area contributed by atoms with Crippen LogP contribution < -0.4 is 5.32 Å². The molecule has 2 fully saturated rings. The van der Waals surface area contributed by atoms with E-state index in [9.17, 15) is 9.59 Å². The lowest BCUT2D eigenvalue weighted by Gasteiger charge is -2.30. The van der Waals surface area contributed by atoms with Gasteiger partial charge in [-0.2, -0.15) is 0 Å². The van der Waals surface area contributed by atoms with E-state index in [0.717, 1.165) is 32.3 Å². The second kappa shape index (κ2) is 9.72. The van der Waals surface area contributed by atoms with Gasteiger partial charge in [0.25, 0.3) is 0 Å². The predicted octanol–water partition coefficient (Wildman–Crippen LogP) is 0.836. The Morgan fingerprint density at radius 2 is 2.00 bits per heavy atom. The van der Waals surface area contributed by atoms with Gasteiger partial charge in [-0.25, -0.2) is 4.79 Å². The molecule has 2 rings (SSSR count). The van der Waals surface area contributed by atoms with Crippen LogP contribution in [0, 0.1) is 0 Å². The van der Waals surface area contributed by atoms with Gasteiger partial charge >= 0.3 is 6.03 Å². The molecule has 3 amide bonds. The van der Waals surface area contributed by atoms with Crippen LogP contribution in [0.5, 0.6) is 0 Å². The highest BCUT2D eigenvalue weighted by molar-refractivity contribution is 5.84. The first-order chi connectivity index (χ1) is 11.2. The molecule has 2 aliphatic rings. The lowest BCUT2D eigenvalue weighted by molar-refractivity contribution is -0.134. The Hall–Kier alpha value is -1.34. The Bertz CT molecular complexity index is 380. The second-order valence-electron chi connectivity index (χ2n) is 6.09. The molecule has 0 aliphatic carbocycles. The predicted molar refractivity (Wildman–Crippen MR) is 86.3 cm³/mol. The van der Waals surface area contributed by atoms with Crippen LogP contribution >= 0.6 is 0 Å². The largest absolute Gasteiger partial charge is 0.378 e. The molecule has 0 bridgehead atoms. The number of urea groups is 1. The van der Waals surface area contributed by atoms with Crippen LogP contribution in [-0.4, -0.2) is 80.4 Å². The molecular formula is C16H29N3O4. The fraction of sp³-hybridized carbons (Fsp3) is 0.875. The number of hydrogen-bond acceptors (Lipinski definition) is 4. The van der Waals surface area contributed by atoms with Gasteiger partial charge in [0.15, 0.2) is 0 Å². The van der Waals surface area contributed by atoms with Crippen molar-refractivity contribution in [3.63, 3.8) is 0 Å². The summed E-state index contributed by atoms with van der Waals surface area (Å²) in [6, 6.07) is -0.178. The highest BCUT2D eigenvalue weighted by Gasteiger charge is 2.22. The van der Waals surface area contributed by atoms with Crippen molar-refractivity contribution >= 4 is 11.9 Å². The lowest BCUT2D eigenvalue weighted by Crippen LogP contribution is -2.50. The fourth-order valence-electron chi connectivity index (χ4n) is 2.93. The topological polar surface area (TPSA) is 71.1 Å². The molecule has 132 valence electrons. The van der Waals surface area contributed by atoms with Crippen molar-refractivity contribution < 1.29 is 19.1 Å². The highest BCUT2D eigenvalue weighted by Crippen LogP contribution is 2.14. The molecule has 2 heterocycles. The number of ether oxygens (including phenoxy) is 2. The average Bonchev–Trinajstić information content (AvgIpc) is 2.60. The first-order valence-corrected chi connectivity index (χ1v) is 8.70. The summed E-state index contributed by atoms with van der Waals surface area (Å²) in [5.41, 5.74) is 0. The van der Waals surface area contributed by atoms with Crippen molar-refractivity contribution in [2.75, 3.05) is 52.5 Å². The van der Waals surface area contributed by atoms with Crippen LogP contribution in [0.1, 0.15) is 32.6 Å². The number of carbonyl (C=O) groups excluding carboxylic acids is 2. The van der Waals surface area contributed by atoms with Gasteiger partial charge in [-0.15, -0.1) is 0 Å². The Balaban J connectivity index is 1.76. The number of morpholine rings is 1. The van der Waals surface area contributed by atoms with Gasteiger partial charge in [-0.3, -0.25) is 4.79 Å². The quantitative estimate of drug-likeness (QED) is 0.785. The molecule has 0 radical (unpaired) electrons. The standard InChI is InChI=1S/C16H29N3O4/c1-2-6-19(13-14-5-3-4-9-23-14)16(21)17-12-15(20)18-7-10-22-11-8-18/h14H,2-13H2,1H3,(H,17,21). The summed E-state index contributed by atoms with van der Waals surface area (Å²) < 4.78 is 10.9. The molecule has 7 nitrogen and oxygen atoms in total. The number of hydrogen-bond donors (Lipinski definition) is 1. The smallest absolute Gasteiger partial charge is 0.317 e. The van der Waals surface area contributed by atoms with E-state index in [2.05, 4.69) is 5.32 Å². The maximum Gasteiger partial charge on any atom is 0.317 e. The van der Waals surface area contributed by atoms with Crippen molar-refractivity contribution in [1.82, 2.24) is 15.1 Å². The number of rotatable bonds is 6. The Morgan fingerprint density at radius 3 is 2.65 bits per heavy atom. The minimum atomic E-state index is -0.178. The average molecular weight is 327 g/mol. The maximum atomic E-state index is 12.4. The molecule has 7 heteroatoms. The Morgan fingerprint density at radius 1 is 1.22 bits per heavy atom. The molecular weight excluding hydrogens is 298 g/mol. The normalized spacial score (nSPS) is 21.8. The zero-order valence-electron chi connectivity index (χ0n) is 14.1. The van der Waals surface area contributed by atoms with E-state index in [1.54, 1.807) is 9.80 Å². The number of carbonyl (C=O) groups is 2. The van der Waals surface area contributed by atoms with E-state index in [1.807, 2.05) is 6.92 Å². The summed E-state index contributed by atoms with van der Waals surface area (Å²) in [6.45, 7) is 6.49. The van der Waals surface area contributed by atoms with Crippen LogP contribution in [0.2, 0.25) is 0 Å². The minimum absolute atomic E-state index is 0.0462. The summed E-state index contributed by atoms with van der Waals surface area (Å²) in [4.78, 5) is 27.9. The van der Waals surface area contributed by atoms with Crippen LogP contribution in [0.25, 0.3) is 0 Å². The molecule has 1 unspecified atom stereocenters. The van der Waals surface area contributed by atoms with Crippen molar-refractivity contribution in [3.8, 4) is 0 Å². The van der Waals surface area contributed by atoms with Crippen molar-refractivity contribution in [3.05, 3.63) is 0 Å². The zero-order valence-corrected chi connectivity index (χ0v) is 14.1. The lowest BCUT2D eigenvalue weighted by atomic mass is 10.1. The molecule has 1 atom stereocenters. The fourth-order valence-corrected chi connectivity index (χ4v) is 2.93. The monoisotopic (exact) mass is 327 g/mol. The molecule has 0 saturated carbocycles. The van der Waals surface area contributed by atoms with E-state index in [4.69, 9.17) is 9.47 Å². The molecule has 2 saturated heterocycles. The summed E-state index contributed by atoms with van der Waals surface area (Å²) in [5.74, 6) is -0.0491. The third kappa shape index (κ3) is 5.99. The van der Waals surface area contributed by atoms with Gasteiger partial charge in [0.05, 0.1) is 25.9 Å². The second-order valence-corrected chi connectivity index (χ2v) is 6.09. The van der Waals surface area contributed by atoms with Crippen LogP contribution in [0.3, 0.4) is 0 Å². The van der Waals surface area contributed by atoms with E-state index in [-0.39, 0.29) is 24.6 Å². The summed E-state index contributed by atoms with van der Waals surface area (Å²) >= 11 is 0. The first-order valence-electron chi connectivity index (χ1n) is 8.70. The molecule has 0 aromatic carbocycles. The Kier molecular flexibility index (Phi) is 7.61. The molecule has 1 N–H and O–H groups in total. The minimum Gasteiger partial charge on any atom is -0.378 e. The van der Waals surface area contributed by atoms with Crippen LogP contribution in [0.15, 0.2) is 0 Å². The van der Waals surface area contributed by atoms with Gasteiger partial charge in [0.2, 0.25) is 5.91 Å². The summed E-state index contributed by atoms with van der Waals surface area (Å²) in [6.07, 6.45) is 4.26. The number of amides is 3. The highest BCUT2D eigenvalue weighted by atomic mass is 16.5. The van der Waals surface area contributed by atoms with Gasteiger partial charge in [0, 0.05) is 32.8 Å². The van der Waals surface area contributed by atoms with Gasteiger partial charge in [-0.1, -0.05) is 6.92 Å². The Labute approximate surface area is 138 Å². The zero-order chi connectivity index (χ0) is 16.5. The number of nitrogens with zero attached hydrogens (tertiary/aromatic N) is 2. The number of nitrogens with one attached hydrogen (secondary N) is 1. The van der Waals surface area contributed by atoms with E-state index >= 15 is 0 Å². The van der Waals surface area contributed by atoms with E-state index in [0.29, 0.717) is 39.4 Å². The van der Waals surface area contributed by atoms with Gasteiger partial charge < -0.3 is 24.6 Å². The third-order valence-corrected chi connectivity index (χ3v) is 4.23. The molecule has 0 aromatic heterocycles. The third-order valence-electron chi connectivity index (χ3n) is 4.23. The van der Waals surface area contributed by atoms with Crippen LogP contribution in [0.4, 0.5) is 4.79 Å². The SMILES string of the molecule is CCCN(CC1CCCCO1)C(=O)NCC(=O)N1CCOCC1. The maximum absolute atomic E-state index is 12.4. The summed E-state index contributed by atoms with van der Waals surface area (Å²) in [7, 11) is 0. The summed E-state index contributed by atoms with van der Waals surface area (Å²) in [5, 5.41) is 2.75.